The molecule has 0 spiro atoms. The maximum absolute atomic E-state index is 10.3. The highest BCUT2D eigenvalue weighted by Crippen LogP contribution is 1.86. The normalized spacial score (nSPS) is 7.88. The lowest BCUT2D eigenvalue weighted by molar-refractivity contribution is -0.133. The maximum Gasteiger partial charge on any atom is 0.292 e. The molecule has 44 valence electrons. The van der Waals surface area contributed by atoms with Gasteiger partial charge in [0, 0.05) is 6.42 Å². The summed E-state index contributed by atoms with van der Waals surface area (Å²) < 4.78 is 4.46. The van der Waals surface area contributed by atoms with Gasteiger partial charge < -0.3 is 4.43 Å². The van der Waals surface area contributed by atoms with Crippen molar-refractivity contribution < 1.29 is 9.22 Å². The molecule has 0 rings (SSSR count). The number of hydrogen-bond donors (Lipinski definition) is 0. The Labute approximate surface area is 51.8 Å². The molecule has 0 aromatic heterocycles. The Bertz CT molecular complexity index is 114. The third-order valence-corrected chi connectivity index (χ3v) is 1.16. The highest BCUT2D eigenvalue weighted by atomic mass is 28.2. The van der Waals surface area contributed by atoms with E-state index in [9.17, 15) is 4.79 Å². The second-order valence-corrected chi connectivity index (χ2v) is 1.69. The molecular formula is C5H8O2Si. The number of hydrogen-bond acceptors (Lipinski definition) is 2. The Kier molecular flexibility index (Phi) is 3.99. The summed E-state index contributed by atoms with van der Waals surface area (Å²) in [5, 5.41) is 0. The molecule has 0 aromatic rings. The van der Waals surface area contributed by atoms with Crippen LogP contribution in [-0.4, -0.2) is 16.5 Å². The van der Waals surface area contributed by atoms with Crippen LogP contribution in [0.15, 0.2) is 0 Å². The number of terminal acetylenes is 1. The lowest BCUT2D eigenvalue weighted by Gasteiger charge is -1.92. The van der Waals surface area contributed by atoms with Crippen molar-refractivity contribution in [1.29, 1.82) is 0 Å². The maximum atomic E-state index is 10.3. The third-order valence-electron chi connectivity index (χ3n) is 0.701. The number of rotatable bonds is 2. The van der Waals surface area contributed by atoms with Gasteiger partial charge in [-0.15, -0.1) is 12.3 Å². The fraction of sp³-hybridized carbons (Fsp3) is 0.400. The van der Waals surface area contributed by atoms with Gasteiger partial charge in [-0.05, 0) is 0 Å². The molecule has 0 aromatic carbocycles. The molecule has 0 saturated heterocycles. The second kappa shape index (κ2) is 4.41. The molecule has 0 radical (unpaired) electrons. The SMILES string of the molecule is C#CCCC(=O)O[SiH3]. The highest BCUT2D eigenvalue weighted by Gasteiger charge is 1.93. The Morgan fingerprint density at radius 3 is 2.88 bits per heavy atom. The van der Waals surface area contributed by atoms with Gasteiger partial charge in [-0.3, -0.25) is 4.79 Å². The molecule has 3 heteroatoms. The van der Waals surface area contributed by atoms with Gasteiger partial charge in [0.2, 0.25) is 10.5 Å². The van der Waals surface area contributed by atoms with Gasteiger partial charge in [0.15, 0.2) is 0 Å². The van der Waals surface area contributed by atoms with Crippen molar-refractivity contribution in [3.05, 3.63) is 0 Å². The highest BCUT2D eigenvalue weighted by molar-refractivity contribution is 6.05. The van der Waals surface area contributed by atoms with Crippen LogP contribution in [0.5, 0.6) is 0 Å². The van der Waals surface area contributed by atoms with Gasteiger partial charge in [-0.2, -0.15) is 0 Å². The topological polar surface area (TPSA) is 26.3 Å². The van der Waals surface area contributed by atoms with Crippen LogP contribution in [0.4, 0.5) is 0 Å². The molecule has 0 saturated carbocycles. The van der Waals surface area contributed by atoms with E-state index in [4.69, 9.17) is 6.42 Å². The summed E-state index contributed by atoms with van der Waals surface area (Å²) in [6.45, 7) is 0. The lowest BCUT2D eigenvalue weighted by atomic mass is 10.3. The smallest absolute Gasteiger partial charge is 0.292 e. The molecule has 0 fully saturated rings. The summed E-state index contributed by atoms with van der Waals surface area (Å²) >= 11 is 0. The van der Waals surface area contributed by atoms with Crippen molar-refractivity contribution in [2.75, 3.05) is 0 Å². The Morgan fingerprint density at radius 2 is 2.50 bits per heavy atom. The van der Waals surface area contributed by atoms with Gasteiger partial charge in [-0.25, -0.2) is 0 Å². The van der Waals surface area contributed by atoms with Crippen LogP contribution in [0.1, 0.15) is 12.8 Å². The Hall–Kier alpha value is -0.753. The molecule has 0 bridgehead atoms. The second-order valence-electron chi connectivity index (χ2n) is 1.28. The zero-order valence-corrected chi connectivity index (χ0v) is 6.81. The molecule has 0 atom stereocenters. The van der Waals surface area contributed by atoms with E-state index in [1.54, 1.807) is 0 Å². The largest absolute Gasteiger partial charge is 0.529 e. The summed E-state index contributed by atoms with van der Waals surface area (Å²) in [4.78, 5) is 10.3. The van der Waals surface area contributed by atoms with E-state index in [0.29, 0.717) is 23.3 Å². The van der Waals surface area contributed by atoms with E-state index in [1.807, 2.05) is 0 Å². The molecule has 0 aliphatic carbocycles. The fourth-order valence-electron chi connectivity index (χ4n) is 0.276. The Morgan fingerprint density at radius 1 is 1.88 bits per heavy atom. The minimum Gasteiger partial charge on any atom is -0.529 e. The predicted molar refractivity (Wildman–Crippen MR) is 34.1 cm³/mol. The van der Waals surface area contributed by atoms with Gasteiger partial charge in [0.25, 0.3) is 5.97 Å². The summed E-state index contributed by atoms with van der Waals surface area (Å²) in [7, 11) is 0.471. The molecule has 0 N–H and O–H groups in total. The van der Waals surface area contributed by atoms with Gasteiger partial charge in [0.1, 0.15) is 0 Å². The molecule has 0 heterocycles. The minimum atomic E-state index is -0.186. The first-order chi connectivity index (χ1) is 3.81. The van der Waals surface area contributed by atoms with E-state index < -0.39 is 0 Å². The average molecular weight is 128 g/mol. The van der Waals surface area contributed by atoms with Crippen molar-refractivity contribution in [2.45, 2.75) is 12.8 Å². The zero-order valence-electron chi connectivity index (χ0n) is 4.81. The van der Waals surface area contributed by atoms with Crippen molar-refractivity contribution in [3.8, 4) is 12.3 Å². The van der Waals surface area contributed by atoms with Crippen LogP contribution in [0, 0.1) is 12.3 Å². The molecule has 0 aliphatic heterocycles. The van der Waals surface area contributed by atoms with E-state index in [2.05, 4.69) is 10.3 Å². The zero-order chi connectivity index (χ0) is 6.41. The van der Waals surface area contributed by atoms with Crippen molar-refractivity contribution >= 4 is 16.5 Å². The van der Waals surface area contributed by atoms with Crippen LogP contribution in [0.2, 0.25) is 0 Å². The average Bonchev–Trinajstić information content (AvgIpc) is 1.83. The third kappa shape index (κ3) is 3.44. The first-order valence-electron chi connectivity index (χ1n) is 2.31. The van der Waals surface area contributed by atoms with Crippen molar-refractivity contribution in [2.24, 2.45) is 0 Å². The summed E-state index contributed by atoms with van der Waals surface area (Å²) in [5.74, 6) is 2.16. The van der Waals surface area contributed by atoms with E-state index >= 15 is 0 Å². The molecule has 2 nitrogen and oxygen atoms in total. The van der Waals surface area contributed by atoms with Crippen LogP contribution < -0.4 is 0 Å². The lowest BCUT2D eigenvalue weighted by Crippen LogP contribution is -1.99. The molecular weight excluding hydrogens is 120 g/mol. The van der Waals surface area contributed by atoms with E-state index in [0.717, 1.165) is 0 Å². The van der Waals surface area contributed by atoms with E-state index in [-0.39, 0.29) is 5.97 Å². The molecule has 0 unspecified atom stereocenters. The van der Waals surface area contributed by atoms with Crippen LogP contribution >= 0.6 is 0 Å². The van der Waals surface area contributed by atoms with Gasteiger partial charge >= 0.3 is 0 Å². The van der Waals surface area contributed by atoms with Gasteiger partial charge in [-0.1, -0.05) is 0 Å². The quantitative estimate of drug-likeness (QED) is 0.360. The fourth-order valence-corrected chi connectivity index (χ4v) is 0.480. The first-order valence-corrected chi connectivity index (χ1v) is 3.13. The standard InChI is InChI=1S/C5H8O2Si/c1-2-3-4-5(6)7-8/h1H,3-4H2,8H3. The van der Waals surface area contributed by atoms with Crippen LogP contribution in [0.25, 0.3) is 0 Å². The molecule has 8 heavy (non-hydrogen) atoms. The Balaban J connectivity index is 3.15. The van der Waals surface area contributed by atoms with Crippen LogP contribution in [0.3, 0.4) is 0 Å². The van der Waals surface area contributed by atoms with Gasteiger partial charge in [0.05, 0.1) is 6.42 Å². The minimum absolute atomic E-state index is 0.186. The number of carbonyl (C=O) groups excluding carboxylic acids is 1. The summed E-state index contributed by atoms with van der Waals surface area (Å²) in [6, 6.07) is 0. The van der Waals surface area contributed by atoms with E-state index in [1.165, 1.54) is 0 Å². The number of carbonyl (C=O) groups is 1. The summed E-state index contributed by atoms with van der Waals surface area (Å²) in [6.07, 6.45) is 5.73. The molecule has 0 amide bonds. The summed E-state index contributed by atoms with van der Waals surface area (Å²) in [5.41, 5.74) is 0. The first kappa shape index (κ1) is 7.25. The van der Waals surface area contributed by atoms with Crippen molar-refractivity contribution in [1.82, 2.24) is 0 Å². The van der Waals surface area contributed by atoms with Crippen LogP contribution in [-0.2, 0) is 9.22 Å². The monoisotopic (exact) mass is 128 g/mol. The molecule has 0 aliphatic rings. The predicted octanol–water partition coefficient (Wildman–Crippen LogP) is -0.777. The van der Waals surface area contributed by atoms with Crippen molar-refractivity contribution in [3.63, 3.8) is 0 Å².